The summed E-state index contributed by atoms with van der Waals surface area (Å²) in [5.74, 6) is -2.17. The molecule has 1 aromatic carbocycles. The Morgan fingerprint density at radius 2 is 1.91 bits per heavy atom. The van der Waals surface area contributed by atoms with Crippen molar-refractivity contribution in [2.45, 2.75) is 38.2 Å². The number of anilines is 1. The molecule has 0 unspecified atom stereocenters. The fraction of sp³-hybridized carbons (Fsp3) is 0.308. The molecule has 5 rings (SSSR count). The molecule has 1 saturated heterocycles. The smallest absolute Gasteiger partial charge is 0.382 e. The normalized spacial score (nSPS) is 14.0. The van der Waals surface area contributed by atoms with Gasteiger partial charge in [-0.3, -0.25) is 14.3 Å². The molecule has 3 aromatic heterocycles. The Morgan fingerprint density at radius 3 is 2.58 bits per heavy atom. The van der Waals surface area contributed by atoms with Gasteiger partial charge in [-0.15, -0.1) is 11.3 Å². The number of hydrogen-bond donors (Lipinski definition) is 1. The first-order valence-electron chi connectivity index (χ1n) is 12.7. The van der Waals surface area contributed by atoms with Gasteiger partial charge in [0.15, 0.2) is 5.75 Å². The van der Waals surface area contributed by atoms with Crippen molar-refractivity contribution in [2.75, 3.05) is 18.4 Å². The summed E-state index contributed by atoms with van der Waals surface area (Å²) in [6, 6.07) is 6.29. The Hall–Kier alpha value is -4.31. The fourth-order valence-corrected chi connectivity index (χ4v) is 5.57. The van der Waals surface area contributed by atoms with Crippen LogP contribution in [0, 0.1) is 0 Å². The summed E-state index contributed by atoms with van der Waals surface area (Å²) in [5.41, 5.74) is -1.57. The number of amides is 2. The Balaban J connectivity index is 1.18. The highest BCUT2D eigenvalue weighted by Gasteiger charge is 2.29. The van der Waals surface area contributed by atoms with Crippen LogP contribution >= 0.6 is 22.9 Å². The van der Waals surface area contributed by atoms with Crippen LogP contribution in [0.2, 0.25) is 5.02 Å². The van der Waals surface area contributed by atoms with E-state index >= 15 is 0 Å². The SMILES string of the molecule is O=C(Oc1c(Cl)cccc1C(=O)Nc1csc(C2CCN(C(=O)Cn3nc(C(F)F)cc3C(F)F)CC2)n1)c1ccno1. The molecule has 2 amide bonds. The lowest BCUT2D eigenvalue weighted by Crippen LogP contribution is -2.40. The van der Waals surface area contributed by atoms with E-state index in [9.17, 15) is 31.9 Å². The van der Waals surface area contributed by atoms with Crippen LogP contribution in [0.4, 0.5) is 23.4 Å². The van der Waals surface area contributed by atoms with Crippen molar-refractivity contribution in [3.8, 4) is 5.75 Å². The number of carbonyl (C=O) groups excluding carboxylic acids is 3. The predicted octanol–water partition coefficient (Wildman–Crippen LogP) is 5.73. The average Bonchev–Trinajstić information content (AvgIpc) is 3.76. The molecule has 1 N–H and O–H groups in total. The third-order valence-electron chi connectivity index (χ3n) is 6.57. The van der Waals surface area contributed by atoms with Crippen molar-refractivity contribution < 1.29 is 41.2 Å². The number of benzene rings is 1. The van der Waals surface area contributed by atoms with E-state index in [1.807, 2.05) is 0 Å². The zero-order valence-electron chi connectivity index (χ0n) is 21.9. The number of nitrogens with one attached hydrogen (secondary N) is 1. The van der Waals surface area contributed by atoms with Crippen molar-refractivity contribution >= 4 is 46.5 Å². The Bertz CT molecular complexity index is 1620. The molecule has 226 valence electrons. The number of carbonyl (C=O) groups is 3. The number of halogens is 5. The minimum absolute atomic E-state index is 0.0189. The van der Waals surface area contributed by atoms with E-state index in [0.717, 1.165) is 0 Å². The zero-order chi connectivity index (χ0) is 30.7. The first-order valence-corrected chi connectivity index (χ1v) is 14.0. The van der Waals surface area contributed by atoms with Crippen molar-refractivity contribution in [3.05, 3.63) is 74.7 Å². The van der Waals surface area contributed by atoms with E-state index in [2.05, 4.69) is 20.6 Å². The quantitative estimate of drug-likeness (QED) is 0.139. The third kappa shape index (κ3) is 6.85. The molecule has 17 heteroatoms. The number of nitrogens with zero attached hydrogens (tertiary/aromatic N) is 5. The number of hydrogen-bond acceptors (Lipinski definition) is 9. The fourth-order valence-electron chi connectivity index (χ4n) is 4.44. The number of esters is 1. The van der Waals surface area contributed by atoms with Crippen molar-refractivity contribution in [1.82, 2.24) is 24.8 Å². The number of ether oxygens (including phenoxy) is 1. The molecular weight excluding hydrogens is 620 g/mol. The zero-order valence-corrected chi connectivity index (χ0v) is 23.5. The van der Waals surface area contributed by atoms with E-state index in [4.69, 9.17) is 20.9 Å². The molecule has 0 radical (unpaired) electrons. The molecule has 4 aromatic rings. The van der Waals surface area contributed by atoms with Crippen molar-refractivity contribution in [1.29, 1.82) is 0 Å². The highest BCUT2D eigenvalue weighted by atomic mass is 35.5. The lowest BCUT2D eigenvalue weighted by molar-refractivity contribution is -0.133. The Kier molecular flexibility index (Phi) is 9.05. The van der Waals surface area contributed by atoms with Crippen LogP contribution in [-0.2, 0) is 11.3 Å². The second kappa shape index (κ2) is 12.9. The van der Waals surface area contributed by atoms with Gasteiger partial charge in [0.25, 0.3) is 18.8 Å². The molecular formula is C26H21ClF4N6O5S. The van der Waals surface area contributed by atoms with Gasteiger partial charge in [-0.2, -0.15) is 5.10 Å². The van der Waals surface area contributed by atoms with Gasteiger partial charge in [0.05, 0.1) is 21.8 Å². The van der Waals surface area contributed by atoms with Crippen LogP contribution in [0.15, 0.2) is 46.4 Å². The number of rotatable bonds is 9. The summed E-state index contributed by atoms with van der Waals surface area (Å²) in [6.45, 7) is 0.00404. The minimum atomic E-state index is -3.06. The molecule has 0 spiro atoms. The molecule has 0 saturated carbocycles. The summed E-state index contributed by atoms with van der Waals surface area (Å²) in [4.78, 5) is 44.1. The van der Waals surface area contributed by atoms with Crippen LogP contribution in [0.25, 0.3) is 0 Å². The van der Waals surface area contributed by atoms with Gasteiger partial charge >= 0.3 is 5.97 Å². The molecule has 1 aliphatic rings. The lowest BCUT2D eigenvalue weighted by atomic mass is 9.97. The van der Waals surface area contributed by atoms with Crippen LogP contribution in [-0.4, -0.2) is 55.7 Å². The average molecular weight is 641 g/mol. The summed E-state index contributed by atoms with van der Waals surface area (Å²) < 4.78 is 63.1. The van der Waals surface area contributed by atoms with E-state index < -0.39 is 48.6 Å². The molecule has 11 nitrogen and oxygen atoms in total. The molecule has 4 heterocycles. The Morgan fingerprint density at radius 1 is 1.14 bits per heavy atom. The first kappa shape index (κ1) is 30.2. The van der Waals surface area contributed by atoms with Gasteiger partial charge in [-0.25, -0.2) is 27.3 Å². The number of para-hydroxylation sites is 1. The van der Waals surface area contributed by atoms with Crippen LogP contribution < -0.4 is 10.1 Å². The highest BCUT2D eigenvalue weighted by Crippen LogP contribution is 2.34. The van der Waals surface area contributed by atoms with Gasteiger partial charge in [0.1, 0.15) is 23.8 Å². The molecule has 1 fully saturated rings. The van der Waals surface area contributed by atoms with Crippen LogP contribution in [0.1, 0.15) is 68.9 Å². The maximum Gasteiger partial charge on any atom is 0.382 e. The summed E-state index contributed by atoms with van der Waals surface area (Å²) >= 11 is 7.49. The summed E-state index contributed by atoms with van der Waals surface area (Å²) in [7, 11) is 0. The third-order valence-corrected chi connectivity index (χ3v) is 7.87. The largest absolute Gasteiger partial charge is 0.418 e. The highest BCUT2D eigenvalue weighted by molar-refractivity contribution is 7.10. The number of aromatic nitrogens is 4. The van der Waals surface area contributed by atoms with Crippen LogP contribution in [0.3, 0.4) is 0 Å². The standard InChI is InChI=1S/C26H21ClF4N6O5S/c27-15-3-1-2-14(21(15)41-26(40)18-4-7-32-42-18)24(39)33-19-12-43-25(34-19)13-5-8-36(9-6-13)20(38)11-37-17(23(30)31)10-16(35-37)22(28)29/h1-4,7,10,12-13,22-23H,5-6,8-9,11H2,(H,33,39). The number of piperidine rings is 1. The monoisotopic (exact) mass is 640 g/mol. The molecule has 0 atom stereocenters. The second-order valence-corrected chi connectivity index (χ2v) is 10.6. The molecule has 43 heavy (non-hydrogen) atoms. The minimum Gasteiger partial charge on any atom is -0.418 e. The topological polar surface area (TPSA) is 132 Å². The molecule has 0 bridgehead atoms. The molecule has 1 aliphatic heterocycles. The van der Waals surface area contributed by atoms with Gasteiger partial charge in [-0.05, 0) is 31.0 Å². The predicted molar refractivity (Wildman–Crippen MR) is 144 cm³/mol. The van der Waals surface area contributed by atoms with Gasteiger partial charge in [0.2, 0.25) is 11.7 Å². The van der Waals surface area contributed by atoms with E-state index in [1.165, 1.54) is 46.7 Å². The lowest BCUT2D eigenvalue weighted by Gasteiger charge is -2.31. The maximum atomic E-state index is 13.3. The number of alkyl halides is 4. The van der Waals surface area contributed by atoms with E-state index in [0.29, 0.717) is 41.7 Å². The molecule has 0 aliphatic carbocycles. The van der Waals surface area contributed by atoms with E-state index in [-0.39, 0.29) is 33.8 Å². The van der Waals surface area contributed by atoms with Crippen molar-refractivity contribution in [3.63, 3.8) is 0 Å². The number of thiazole rings is 1. The van der Waals surface area contributed by atoms with Gasteiger partial charge < -0.3 is 19.5 Å². The maximum absolute atomic E-state index is 13.3. The van der Waals surface area contributed by atoms with Gasteiger partial charge in [-0.1, -0.05) is 22.8 Å². The van der Waals surface area contributed by atoms with Gasteiger partial charge in [0, 0.05) is 30.5 Å². The van der Waals surface area contributed by atoms with Crippen LogP contribution in [0.5, 0.6) is 5.75 Å². The van der Waals surface area contributed by atoms with Crippen molar-refractivity contribution in [2.24, 2.45) is 0 Å². The first-order chi connectivity index (χ1) is 20.6. The summed E-state index contributed by atoms with van der Waals surface area (Å²) in [6.07, 6.45) is -3.82. The second-order valence-electron chi connectivity index (χ2n) is 9.32. The van der Waals surface area contributed by atoms with E-state index in [1.54, 1.807) is 5.38 Å². The summed E-state index contributed by atoms with van der Waals surface area (Å²) in [5, 5.41) is 11.9. The Labute approximate surface area is 249 Å². The number of likely N-dealkylation sites (tertiary alicyclic amines) is 1.